The van der Waals surface area contributed by atoms with E-state index in [0.29, 0.717) is 13.0 Å². The van der Waals surface area contributed by atoms with Gasteiger partial charge < -0.3 is 10.6 Å². The van der Waals surface area contributed by atoms with Crippen LogP contribution in [0.3, 0.4) is 0 Å². The molecular weight excluding hydrogens is 242 g/mol. The molecule has 0 aliphatic carbocycles. The predicted octanol–water partition coefficient (Wildman–Crippen LogP) is -0.687. The van der Waals surface area contributed by atoms with Crippen molar-refractivity contribution in [3.8, 4) is 0 Å². The van der Waals surface area contributed by atoms with E-state index in [-0.39, 0.29) is 11.7 Å². The van der Waals surface area contributed by atoms with Gasteiger partial charge in [0, 0.05) is 6.54 Å². The topological polar surface area (TPSA) is 101 Å². The minimum atomic E-state index is -3.43. The van der Waals surface area contributed by atoms with Crippen LogP contribution < -0.4 is 15.8 Å². The van der Waals surface area contributed by atoms with Gasteiger partial charge in [-0.2, -0.15) is 0 Å². The number of amides is 1. The van der Waals surface area contributed by atoms with Gasteiger partial charge in [-0.1, -0.05) is 6.92 Å². The quantitative estimate of drug-likeness (QED) is 0.552. The van der Waals surface area contributed by atoms with E-state index in [4.69, 9.17) is 5.14 Å². The van der Waals surface area contributed by atoms with Crippen LogP contribution in [0.5, 0.6) is 0 Å². The number of carbonyl (C=O) groups excluding carboxylic acids is 1. The molecule has 4 N–H and O–H groups in total. The molecule has 1 saturated heterocycles. The van der Waals surface area contributed by atoms with Crippen LogP contribution in [0.1, 0.15) is 32.6 Å². The Morgan fingerprint density at radius 2 is 2.24 bits per heavy atom. The fourth-order valence-electron chi connectivity index (χ4n) is 2.11. The van der Waals surface area contributed by atoms with Crippen LogP contribution >= 0.6 is 0 Å². The minimum absolute atomic E-state index is 0.0353. The van der Waals surface area contributed by atoms with Crippen molar-refractivity contribution in [3.63, 3.8) is 0 Å². The summed E-state index contributed by atoms with van der Waals surface area (Å²) in [6.07, 6.45) is 2.93. The molecule has 0 saturated carbocycles. The Bertz CT molecular complexity index is 361. The second-order valence-corrected chi connectivity index (χ2v) is 6.18. The summed E-state index contributed by atoms with van der Waals surface area (Å²) in [4.78, 5) is 12.0. The summed E-state index contributed by atoms with van der Waals surface area (Å²) >= 11 is 0. The van der Waals surface area contributed by atoms with Crippen LogP contribution in [0.4, 0.5) is 0 Å². The predicted molar refractivity (Wildman–Crippen MR) is 65.9 cm³/mol. The van der Waals surface area contributed by atoms with Gasteiger partial charge in [-0.25, -0.2) is 13.6 Å². The lowest BCUT2D eigenvalue weighted by Crippen LogP contribution is -2.53. The summed E-state index contributed by atoms with van der Waals surface area (Å²) in [5.74, 6) is -0.133. The fraction of sp³-hybridized carbons (Fsp3) is 0.900. The van der Waals surface area contributed by atoms with Crippen LogP contribution in [0.2, 0.25) is 0 Å². The Morgan fingerprint density at radius 1 is 1.53 bits per heavy atom. The van der Waals surface area contributed by atoms with Crippen molar-refractivity contribution in [3.05, 3.63) is 0 Å². The number of carbonyl (C=O) groups is 1. The molecule has 0 bridgehead atoms. The highest BCUT2D eigenvalue weighted by atomic mass is 32.2. The number of sulfonamides is 1. The van der Waals surface area contributed by atoms with Crippen LogP contribution in [0, 0.1) is 0 Å². The molecule has 1 unspecified atom stereocenters. The maximum atomic E-state index is 12.0. The monoisotopic (exact) mass is 263 g/mol. The molecule has 1 fully saturated rings. The Morgan fingerprint density at radius 3 is 2.71 bits per heavy atom. The third kappa shape index (κ3) is 4.25. The van der Waals surface area contributed by atoms with Gasteiger partial charge in [0.2, 0.25) is 15.9 Å². The first-order valence-electron chi connectivity index (χ1n) is 5.93. The van der Waals surface area contributed by atoms with Crippen LogP contribution in [0.25, 0.3) is 0 Å². The summed E-state index contributed by atoms with van der Waals surface area (Å²) in [7, 11) is -3.43. The molecule has 1 amide bonds. The largest absolute Gasteiger partial charge is 0.354 e. The molecule has 1 heterocycles. The van der Waals surface area contributed by atoms with Gasteiger partial charge in [-0.05, 0) is 32.2 Å². The highest BCUT2D eigenvalue weighted by Crippen LogP contribution is 2.22. The van der Waals surface area contributed by atoms with E-state index < -0.39 is 15.6 Å². The van der Waals surface area contributed by atoms with Gasteiger partial charge in [0.1, 0.15) is 0 Å². The van der Waals surface area contributed by atoms with Crippen molar-refractivity contribution in [1.82, 2.24) is 10.6 Å². The van der Waals surface area contributed by atoms with Crippen molar-refractivity contribution in [2.24, 2.45) is 5.14 Å². The molecule has 0 aromatic heterocycles. The van der Waals surface area contributed by atoms with Crippen molar-refractivity contribution in [2.75, 3.05) is 18.8 Å². The molecule has 0 aromatic carbocycles. The van der Waals surface area contributed by atoms with Crippen LogP contribution in [-0.4, -0.2) is 38.7 Å². The summed E-state index contributed by atoms with van der Waals surface area (Å²) in [5, 5.41) is 10.9. The van der Waals surface area contributed by atoms with Crippen molar-refractivity contribution in [1.29, 1.82) is 0 Å². The molecule has 1 atom stereocenters. The number of nitrogens with two attached hydrogens (primary N) is 1. The van der Waals surface area contributed by atoms with E-state index >= 15 is 0 Å². The molecule has 0 spiro atoms. The lowest BCUT2D eigenvalue weighted by atomic mass is 9.93. The molecule has 1 rings (SSSR count). The maximum absolute atomic E-state index is 12.0. The van der Waals surface area contributed by atoms with E-state index in [2.05, 4.69) is 10.6 Å². The average Bonchev–Trinajstić information content (AvgIpc) is 2.72. The molecule has 100 valence electrons. The van der Waals surface area contributed by atoms with Crippen molar-refractivity contribution < 1.29 is 13.2 Å². The molecule has 1 aliphatic rings. The Labute approximate surface area is 102 Å². The first-order valence-corrected chi connectivity index (χ1v) is 7.65. The Balaban J connectivity index is 2.34. The first-order chi connectivity index (χ1) is 7.90. The standard InChI is InChI=1S/C10H21N3O3S/c1-2-10(5-3-7-13-10)9(14)12-6-4-8-17(11,15)16/h13H,2-8H2,1H3,(H,12,14)(H2,11,15,16). The van der Waals surface area contributed by atoms with Crippen LogP contribution in [-0.2, 0) is 14.8 Å². The zero-order valence-electron chi connectivity index (χ0n) is 10.2. The second kappa shape index (κ2) is 5.79. The number of primary sulfonamides is 1. The van der Waals surface area contributed by atoms with E-state index in [0.717, 1.165) is 25.8 Å². The van der Waals surface area contributed by atoms with E-state index in [1.807, 2.05) is 6.92 Å². The number of rotatable bonds is 6. The maximum Gasteiger partial charge on any atom is 0.240 e. The SMILES string of the molecule is CCC1(C(=O)NCCCS(N)(=O)=O)CCCN1. The van der Waals surface area contributed by atoms with E-state index in [9.17, 15) is 13.2 Å². The van der Waals surface area contributed by atoms with E-state index in [1.54, 1.807) is 0 Å². The van der Waals surface area contributed by atoms with Crippen LogP contribution in [0.15, 0.2) is 0 Å². The highest BCUT2D eigenvalue weighted by molar-refractivity contribution is 7.89. The molecule has 7 heteroatoms. The number of hydrogen-bond donors (Lipinski definition) is 3. The van der Waals surface area contributed by atoms with Gasteiger partial charge in [0.25, 0.3) is 0 Å². The Kier molecular flexibility index (Phi) is 4.91. The molecule has 17 heavy (non-hydrogen) atoms. The summed E-state index contributed by atoms with van der Waals surface area (Å²) in [6.45, 7) is 3.18. The lowest BCUT2D eigenvalue weighted by Gasteiger charge is -2.26. The smallest absolute Gasteiger partial charge is 0.240 e. The lowest BCUT2D eigenvalue weighted by molar-refractivity contribution is -0.127. The zero-order valence-corrected chi connectivity index (χ0v) is 11.0. The van der Waals surface area contributed by atoms with Gasteiger partial charge in [-0.3, -0.25) is 4.79 Å². The fourth-order valence-corrected chi connectivity index (χ4v) is 2.65. The molecule has 1 aliphatic heterocycles. The summed E-state index contributed by atoms with van der Waals surface area (Å²) in [6, 6.07) is 0. The van der Waals surface area contributed by atoms with Gasteiger partial charge in [0.15, 0.2) is 0 Å². The van der Waals surface area contributed by atoms with Crippen molar-refractivity contribution >= 4 is 15.9 Å². The summed E-state index contributed by atoms with van der Waals surface area (Å²) in [5.41, 5.74) is -0.457. The minimum Gasteiger partial charge on any atom is -0.354 e. The molecule has 0 radical (unpaired) electrons. The Hall–Kier alpha value is -0.660. The van der Waals surface area contributed by atoms with Crippen molar-refractivity contribution in [2.45, 2.75) is 38.1 Å². The normalized spacial score (nSPS) is 24.8. The first kappa shape index (κ1) is 14.4. The average molecular weight is 263 g/mol. The molecular formula is C10H21N3O3S. The second-order valence-electron chi connectivity index (χ2n) is 4.44. The van der Waals surface area contributed by atoms with Gasteiger partial charge in [0.05, 0.1) is 11.3 Å². The highest BCUT2D eigenvalue weighted by Gasteiger charge is 2.38. The summed E-state index contributed by atoms with van der Waals surface area (Å²) < 4.78 is 21.4. The van der Waals surface area contributed by atoms with E-state index in [1.165, 1.54) is 0 Å². The number of hydrogen-bond acceptors (Lipinski definition) is 4. The third-order valence-electron chi connectivity index (χ3n) is 3.17. The number of nitrogens with one attached hydrogen (secondary N) is 2. The van der Waals surface area contributed by atoms with Gasteiger partial charge >= 0.3 is 0 Å². The zero-order chi connectivity index (χ0) is 12.9. The third-order valence-corrected chi connectivity index (χ3v) is 4.03. The molecule has 6 nitrogen and oxygen atoms in total. The molecule has 0 aromatic rings. The van der Waals surface area contributed by atoms with Gasteiger partial charge in [-0.15, -0.1) is 0 Å².